The van der Waals surface area contributed by atoms with Gasteiger partial charge in [0.25, 0.3) is 0 Å². The zero-order chi connectivity index (χ0) is 14.8. The highest BCUT2D eigenvalue weighted by Gasteiger charge is 2.28. The summed E-state index contributed by atoms with van der Waals surface area (Å²) >= 11 is 0. The molecule has 0 bridgehead atoms. The molecule has 5 heteroatoms. The van der Waals surface area contributed by atoms with Gasteiger partial charge in [-0.1, -0.05) is 6.07 Å². The minimum Gasteiger partial charge on any atom is -0.373 e. The summed E-state index contributed by atoms with van der Waals surface area (Å²) in [7, 11) is 1.90. The van der Waals surface area contributed by atoms with Crippen LogP contribution in [-0.4, -0.2) is 22.0 Å². The van der Waals surface area contributed by atoms with Gasteiger partial charge in [0, 0.05) is 30.9 Å². The number of rotatable bonds is 5. The molecule has 5 nitrogen and oxygen atoms in total. The first-order valence-electron chi connectivity index (χ1n) is 7.41. The summed E-state index contributed by atoms with van der Waals surface area (Å²) in [4.78, 5) is 13.5. The van der Waals surface area contributed by atoms with Gasteiger partial charge in [0.15, 0.2) is 0 Å². The molecule has 0 aliphatic heterocycles. The lowest BCUT2D eigenvalue weighted by Crippen LogP contribution is -2.12. The number of pyridine rings is 1. The summed E-state index contributed by atoms with van der Waals surface area (Å²) in [6.07, 6.45) is 6.07. The molecule has 0 amide bonds. The second-order valence-electron chi connectivity index (χ2n) is 5.58. The van der Waals surface area contributed by atoms with E-state index < -0.39 is 0 Å². The van der Waals surface area contributed by atoms with Crippen molar-refractivity contribution in [1.82, 2.24) is 15.0 Å². The topological polar surface area (TPSA) is 62.7 Å². The van der Waals surface area contributed by atoms with Gasteiger partial charge >= 0.3 is 0 Å². The summed E-state index contributed by atoms with van der Waals surface area (Å²) in [6.45, 7) is 4.16. The summed E-state index contributed by atoms with van der Waals surface area (Å²) < 4.78 is 0. The average molecular weight is 283 g/mol. The maximum absolute atomic E-state index is 4.73. The van der Waals surface area contributed by atoms with E-state index in [2.05, 4.69) is 33.6 Å². The molecular formula is C16H21N5. The molecule has 0 saturated heterocycles. The molecule has 2 aromatic heterocycles. The Hall–Kier alpha value is -2.17. The third-order valence-electron chi connectivity index (χ3n) is 3.88. The zero-order valence-electron chi connectivity index (χ0n) is 12.7. The molecule has 0 aromatic carbocycles. The van der Waals surface area contributed by atoms with E-state index in [-0.39, 0.29) is 6.04 Å². The molecule has 3 rings (SSSR count). The van der Waals surface area contributed by atoms with E-state index in [4.69, 9.17) is 4.98 Å². The number of hydrogen-bond acceptors (Lipinski definition) is 5. The summed E-state index contributed by atoms with van der Waals surface area (Å²) in [6, 6.07) is 4.18. The van der Waals surface area contributed by atoms with Crippen LogP contribution in [0.5, 0.6) is 0 Å². The van der Waals surface area contributed by atoms with Crippen molar-refractivity contribution >= 4 is 11.6 Å². The summed E-state index contributed by atoms with van der Waals surface area (Å²) in [5.41, 5.74) is 2.20. The lowest BCUT2D eigenvalue weighted by Gasteiger charge is -2.18. The van der Waals surface area contributed by atoms with Crippen LogP contribution in [0.2, 0.25) is 0 Å². The fourth-order valence-electron chi connectivity index (χ4n) is 2.36. The molecule has 0 radical (unpaired) electrons. The molecule has 1 aliphatic rings. The van der Waals surface area contributed by atoms with Crippen molar-refractivity contribution in [2.45, 2.75) is 38.6 Å². The van der Waals surface area contributed by atoms with E-state index in [1.54, 1.807) is 6.20 Å². The third kappa shape index (κ3) is 2.96. The van der Waals surface area contributed by atoms with Crippen molar-refractivity contribution in [1.29, 1.82) is 0 Å². The largest absolute Gasteiger partial charge is 0.373 e. The molecule has 0 spiro atoms. The maximum Gasteiger partial charge on any atom is 0.136 e. The van der Waals surface area contributed by atoms with Crippen LogP contribution in [-0.2, 0) is 0 Å². The molecule has 1 atom stereocenters. The van der Waals surface area contributed by atoms with Crippen LogP contribution in [0.25, 0.3) is 0 Å². The van der Waals surface area contributed by atoms with Crippen LogP contribution in [0, 0.1) is 6.92 Å². The maximum atomic E-state index is 4.73. The van der Waals surface area contributed by atoms with E-state index in [0.29, 0.717) is 5.92 Å². The fraction of sp³-hybridized carbons (Fsp3) is 0.438. The van der Waals surface area contributed by atoms with E-state index in [1.165, 1.54) is 12.8 Å². The van der Waals surface area contributed by atoms with Gasteiger partial charge in [-0.3, -0.25) is 4.98 Å². The molecule has 1 saturated carbocycles. The van der Waals surface area contributed by atoms with Gasteiger partial charge < -0.3 is 10.6 Å². The number of nitrogens with one attached hydrogen (secondary N) is 2. The highest BCUT2D eigenvalue weighted by atomic mass is 15.1. The second kappa shape index (κ2) is 5.68. The van der Waals surface area contributed by atoms with Gasteiger partial charge in [0.05, 0.1) is 6.04 Å². The van der Waals surface area contributed by atoms with Crippen LogP contribution < -0.4 is 10.6 Å². The van der Waals surface area contributed by atoms with Gasteiger partial charge in [-0.2, -0.15) is 0 Å². The Balaban J connectivity index is 1.88. The molecule has 1 aliphatic carbocycles. The normalized spacial score (nSPS) is 15.6. The zero-order valence-corrected chi connectivity index (χ0v) is 12.7. The number of anilines is 2. The highest BCUT2D eigenvalue weighted by Crippen LogP contribution is 2.39. The SMILES string of the molecule is CNc1nc(C2CC2)nc(NC(C)c2cccnc2)c1C. The van der Waals surface area contributed by atoms with Crippen molar-refractivity contribution < 1.29 is 0 Å². The molecule has 110 valence electrons. The van der Waals surface area contributed by atoms with Crippen molar-refractivity contribution in [3.63, 3.8) is 0 Å². The highest BCUT2D eigenvalue weighted by molar-refractivity contribution is 5.58. The van der Waals surface area contributed by atoms with E-state index in [9.17, 15) is 0 Å². The quantitative estimate of drug-likeness (QED) is 0.881. The number of nitrogens with zero attached hydrogens (tertiary/aromatic N) is 3. The first-order valence-corrected chi connectivity index (χ1v) is 7.41. The molecule has 21 heavy (non-hydrogen) atoms. The van der Waals surface area contributed by atoms with E-state index in [1.807, 2.05) is 26.2 Å². The van der Waals surface area contributed by atoms with Crippen LogP contribution in [0.15, 0.2) is 24.5 Å². The van der Waals surface area contributed by atoms with Crippen LogP contribution in [0.1, 0.15) is 48.7 Å². The van der Waals surface area contributed by atoms with Gasteiger partial charge in [-0.05, 0) is 38.3 Å². The monoisotopic (exact) mass is 283 g/mol. The van der Waals surface area contributed by atoms with E-state index >= 15 is 0 Å². The first kappa shape index (κ1) is 13.8. The average Bonchev–Trinajstić information content (AvgIpc) is 3.35. The van der Waals surface area contributed by atoms with Gasteiger partial charge in [-0.25, -0.2) is 9.97 Å². The standard InChI is InChI=1S/C16H21N5/c1-10-14(17-3)20-16(12-6-7-12)21-15(10)19-11(2)13-5-4-8-18-9-13/h4-5,8-9,11-12H,6-7H2,1-3H3,(H2,17,19,20,21). The number of hydrogen-bond donors (Lipinski definition) is 2. The van der Waals surface area contributed by atoms with Gasteiger partial charge in [-0.15, -0.1) is 0 Å². The van der Waals surface area contributed by atoms with Crippen molar-refractivity contribution in [3.8, 4) is 0 Å². The Kier molecular flexibility index (Phi) is 3.73. The third-order valence-corrected chi connectivity index (χ3v) is 3.88. The Bertz CT molecular complexity index is 622. The van der Waals surface area contributed by atoms with Gasteiger partial charge in [0.2, 0.25) is 0 Å². The number of aromatic nitrogens is 3. The van der Waals surface area contributed by atoms with E-state index in [0.717, 1.165) is 28.6 Å². The van der Waals surface area contributed by atoms with Crippen LogP contribution in [0.3, 0.4) is 0 Å². The molecule has 2 N–H and O–H groups in total. The smallest absolute Gasteiger partial charge is 0.136 e. The predicted molar refractivity (Wildman–Crippen MR) is 84.6 cm³/mol. The lowest BCUT2D eigenvalue weighted by atomic mass is 10.1. The van der Waals surface area contributed by atoms with Crippen LogP contribution in [0.4, 0.5) is 11.6 Å². The van der Waals surface area contributed by atoms with Crippen molar-refractivity contribution in [3.05, 3.63) is 41.5 Å². The Morgan fingerprint density at radius 2 is 2.00 bits per heavy atom. The predicted octanol–water partition coefficient (Wildman–Crippen LogP) is 3.27. The molecular weight excluding hydrogens is 262 g/mol. The minimum atomic E-state index is 0.157. The second-order valence-corrected chi connectivity index (χ2v) is 5.58. The van der Waals surface area contributed by atoms with Gasteiger partial charge in [0.1, 0.15) is 17.5 Å². The fourth-order valence-corrected chi connectivity index (χ4v) is 2.36. The molecule has 2 heterocycles. The minimum absolute atomic E-state index is 0.157. The Morgan fingerprint density at radius 1 is 1.24 bits per heavy atom. The molecule has 1 fully saturated rings. The molecule has 1 unspecified atom stereocenters. The van der Waals surface area contributed by atoms with Crippen LogP contribution >= 0.6 is 0 Å². The summed E-state index contributed by atoms with van der Waals surface area (Å²) in [5.74, 6) is 3.30. The molecule has 2 aromatic rings. The lowest BCUT2D eigenvalue weighted by molar-refractivity contribution is 0.844. The summed E-state index contributed by atoms with van der Waals surface area (Å²) in [5, 5.41) is 6.66. The van der Waals surface area contributed by atoms with Crippen molar-refractivity contribution in [2.75, 3.05) is 17.7 Å². The van der Waals surface area contributed by atoms with Crippen molar-refractivity contribution in [2.24, 2.45) is 0 Å². The Labute approximate surface area is 125 Å². The first-order chi connectivity index (χ1) is 10.2. The Morgan fingerprint density at radius 3 is 2.62 bits per heavy atom.